The Hall–Kier alpha value is -4.54. The van der Waals surface area contributed by atoms with E-state index in [-0.39, 0.29) is 18.9 Å². The normalized spacial score (nSPS) is 24.6. The Kier molecular flexibility index (Phi) is 6.39. The largest absolute Gasteiger partial charge is 0.370 e. The molecule has 2 saturated heterocycles. The molecule has 10 nitrogen and oxygen atoms in total. The van der Waals surface area contributed by atoms with Crippen molar-refractivity contribution in [2.45, 2.75) is 31.5 Å². The Morgan fingerprint density at radius 3 is 2.34 bits per heavy atom. The molecule has 0 unspecified atom stereocenters. The molecular formula is C30H26ClN5O5. The quantitative estimate of drug-likeness (QED) is 0.388. The maximum Gasteiger partial charge on any atom is 0.253 e. The molecule has 3 aromatic carbocycles. The Bertz CT molecular complexity index is 1630. The Morgan fingerprint density at radius 2 is 1.66 bits per heavy atom. The van der Waals surface area contributed by atoms with Crippen molar-refractivity contribution < 1.29 is 24.0 Å². The number of halogens is 1. The Balaban J connectivity index is 1.45. The lowest BCUT2D eigenvalue weighted by molar-refractivity contribution is -0.132. The van der Waals surface area contributed by atoms with Crippen molar-refractivity contribution in [1.82, 2.24) is 5.32 Å². The lowest BCUT2D eigenvalue weighted by Gasteiger charge is -2.30. The summed E-state index contributed by atoms with van der Waals surface area (Å²) in [5.74, 6) is -4.57. The van der Waals surface area contributed by atoms with Crippen molar-refractivity contribution >= 4 is 58.2 Å². The van der Waals surface area contributed by atoms with Crippen LogP contribution in [0.5, 0.6) is 0 Å². The highest BCUT2D eigenvalue weighted by Crippen LogP contribution is 2.55. The fraction of sp³-hybridized carbons (Fsp3) is 0.233. The van der Waals surface area contributed by atoms with Crippen molar-refractivity contribution in [3.8, 4) is 0 Å². The van der Waals surface area contributed by atoms with E-state index in [0.717, 1.165) is 4.90 Å². The minimum atomic E-state index is -1.60. The predicted molar refractivity (Wildman–Crippen MR) is 152 cm³/mol. The molecule has 2 fully saturated rings. The van der Waals surface area contributed by atoms with Crippen molar-refractivity contribution in [3.05, 3.63) is 88.9 Å². The van der Waals surface area contributed by atoms with Crippen LogP contribution in [-0.4, -0.2) is 35.6 Å². The van der Waals surface area contributed by atoms with E-state index < -0.39 is 47.0 Å². The van der Waals surface area contributed by atoms with Crippen molar-refractivity contribution in [2.75, 3.05) is 15.1 Å². The number of amides is 5. The SMILES string of the molecule is CC(=O)Nc1ccc(N2C(=O)[C@@H]3[C@H](CC(N)=O)N[C@]4(C(=O)N(Cc5ccccc5Cl)c5ccccc54)[C@@H]3C2=O)cc1. The van der Waals surface area contributed by atoms with Crippen LogP contribution in [0, 0.1) is 11.8 Å². The van der Waals surface area contributed by atoms with Gasteiger partial charge in [0.15, 0.2) is 0 Å². The van der Waals surface area contributed by atoms with Crippen molar-refractivity contribution in [2.24, 2.45) is 17.6 Å². The molecule has 0 saturated carbocycles. The summed E-state index contributed by atoms with van der Waals surface area (Å²) in [5, 5.41) is 6.40. The second kappa shape index (κ2) is 9.83. The number of carbonyl (C=O) groups is 5. The van der Waals surface area contributed by atoms with E-state index in [1.807, 2.05) is 12.1 Å². The van der Waals surface area contributed by atoms with Crippen molar-refractivity contribution in [3.63, 3.8) is 0 Å². The van der Waals surface area contributed by atoms with Gasteiger partial charge in [-0.05, 0) is 42.0 Å². The fourth-order valence-corrected chi connectivity index (χ4v) is 6.64. The molecular weight excluding hydrogens is 546 g/mol. The van der Waals surface area contributed by atoms with E-state index in [2.05, 4.69) is 10.6 Å². The molecule has 3 aliphatic rings. The van der Waals surface area contributed by atoms with E-state index in [9.17, 15) is 24.0 Å². The molecule has 4 N–H and O–H groups in total. The average molecular weight is 572 g/mol. The van der Waals surface area contributed by atoms with Gasteiger partial charge in [-0.15, -0.1) is 0 Å². The van der Waals surface area contributed by atoms with Crippen LogP contribution in [-0.2, 0) is 36.1 Å². The van der Waals surface area contributed by atoms with Crippen molar-refractivity contribution in [1.29, 1.82) is 0 Å². The van der Waals surface area contributed by atoms with Gasteiger partial charge in [-0.2, -0.15) is 0 Å². The monoisotopic (exact) mass is 571 g/mol. The van der Waals surface area contributed by atoms with Gasteiger partial charge >= 0.3 is 0 Å². The highest BCUT2D eigenvalue weighted by atomic mass is 35.5. The van der Waals surface area contributed by atoms with Gasteiger partial charge in [-0.1, -0.05) is 48.0 Å². The lowest BCUT2D eigenvalue weighted by Crippen LogP contribution is -2.55. The summed E-state index contributed by atoms with van der Waals surface area (Å²) in [6.45, 7) is 1.52. The van der Waals surface area contributed by atoms with Gasteiger partial charge in [0.2, 0.25) is 23.6 Å². The van der Waals surface area contributed by atoms with Crippen LogP contribution in [0.1, 0.15) is 24.5 Å². The number of nitrogens with one attached hydrogen (secondary N) is 2. The molecule has 3 aromatic rings. The maximum absolute atomic E-state index is 14.5. The summed E-state index contributed by atoms with van der Waals surface area (Å²) >= 11 is 6.43. The first-order chi connectivity index (χ1) is 19.6. The number of anilines is 3. The topological polar surface area (TPSA) is 142 Å². The molecule has 3 heterocycles. The van der Waals surface area contributed by atoms with E-state index in [4.69, 9.17) is 17.3 Å². The van der Waals surface area contributed by atoms with E-state index in [1.165, 1.54) is 6.92 Å². The number of benzene rings is 3. The van der Waals surface area contributed by atoms with Gasteiger partial charge in [-0.3, -0.25) is 29.3 Å². The summed E-state index contributed by atoms with van der Waals surface area (Å²) in [7, 11) is 0. The average Bonchev–Trinajstić information content (AvgIpc) is 3.49. The first kappa shape index (κ1) is 26.7. The van der Waals surface area contributed by atoms with Gasteiger partial charge < -0.3 is 16.0 Å². The van der Waals surface area contributed by atoms with Gasteiger partial charge in [-0.25, -0.2) is 4.90 Å². The molecule has 11 heteroatoms. The zero-order valence-corrected chi connectivity index (χ0v) is 22.7. The molecule has 4 atom stereocenters. The first-order valence-corrected chi connectivity index (χ1v) is 13.5. The molecule has 0 radical (unpaired) electrons. The number of para-hydroxylation sites is 1. The number of nitrogens with two attached hydrogens (primary N) is 1. The Labute approximate surface area is 240 Å². The number of nitrogens with zero attached hydrogens (tertiary/aromatic N) is 2. The Morgan fingerprint density at radius 1 is 0.976 bits per heavy atom. The smallest absolute Gasteiger partial charge is 0.253 e. The molecule has 6 rings (SSSR count). The third-order valence-electron chi connectivity index (χ3n) is 8.02. The predicted octanol–water partition coefficient (Wildman–Crippen LogP) is 2.69. The van der Waals surface area contributed by atoms with Gasteiger partial charge in [0.25, 0.3) is 5.91 Å². The number of fused-ring (bicyclic) bond motifs is 4. The zero-order chi connectivity index (χ0) is 29.1. The molecule has 5 amide bonds. The summed E-state index contributed by atoms with van der Waals surface area (Å²) < 4.78 is 0. The standard InChI is InChI=1S/C30H26ClN5O5/c1-16(37)33-18-10-12-19(13-11-18)36-27(39)25-22(14-24(32)38)34-30(26(25)28(36)40)20-7-3-5-9-23(20)35(29(30)41)15-17-6-2-4-8-21(17)31/h2-13,22,25-26,34H,14-15H2,1H3,(H2,32,38)(H,33,37)/t22-,25+,26-,30-/m0/s1. The van der Waals surface area contributed by atoms with Crippen LogP contribution >= 0.6 is 11.6 Å². The number of hydrogen-bond donors (Lipinski definition) is 3. The highest BCUT2D eigenvalue weighted by molar-refractivity contribution is 6.31. The fourth-order valence-electron chi connectivity index (χ4n) is 6.44. The van der Waals surface area contributed by atoms with Crippen LogP contribution in [0.2, 0.25) is 5.02 Å². The third kappa shape index (κ3) is 4.10. The first-order valence-electron chi connectivity index (χ1n) is 13.1. The third-order valence-corrected chi connectivity index (χ3v) is 8.39. The minimum Gasteiger partial charge on any atom is -0.370 e. The minimum absolute atomic E-state index is 0.146. The number of primary amides is 1. The summed E-state index contributed by atoms with van der Waals surface area (Å²) in [6.07, 6.45) is -0.239. The van der Waals surface area contributed by atoms with Crippen LogP contribution in [0.3, 0.4) is 0 Å². The molecule has 208 valence electrons. The van der Waals surface area contributed by atoms with Gasteiger partial charge in [0.05, 0.1) is 24.1 Å². The summed E-state index contributed by atoms with van der Waals surface area (Å²) in [4.78, 5) is 68.8. The number of rotatable bonds is 6. The molecule has 3 aliphatic heterocycles. The maximum atomic E-state index is 14.5. The van der Waals surface area contributed by atoms with Crippen LogP contribution in [0.25, 0.3) is 0 Å². The van der Waals surface area contributed by atoms with Gasteiger partial charge in [0.1, 0.15) is 5.54 Å². The number of imide groups is 1. The molecule has 41 heavy (non-hydrogen) atoms. The lowest BCUT2D eigenvalue weighted by atomic mass is 9.76. The van der Waals surface area contributed by atoms with Crippen LogP contribution < -0.4 is 26.2 Å². The molecule has 0 aromatic heterocycles. The number of carbonyl (C=O) groups excluding carboxylic acids is 5. The van der Waals surface area contributed by atoms with Crippen LogP contribution in [0.4, 0.5) is 17.1 Å². The summed E-state index contributed by atoms with van der Waals surface area (Å²) in [5.41, 5.74) is 6.61. The second-order valence-electron chi connectivity index (χ2n) is 10.5. The van der Waals surface area contributed by atoms with Crippen LogP contribution in [0.15, 0.2) is 72.8 Å². The number of hydrogen-bond acceptors (Lipinski definition) is 6. The molecule has 0 aliphatic carbocycles. The van der Waals surface area contributed by atoms with Gasteiger partial charge in [0, 0.05) is 41.3 Å². The highest BCUT2D eigenvalue weighted by Gasteiger charge is 2.71. The van der Waals surface area contributed by atoms with E-state index >= 15 is 0 Å². The van der Waals surface area contributed by atoms with E-state index in [0.29, 0.717) is 33.2 Å². The van der Waals surface area contributed by atoms with E-state index in [1.54, 1.807) is 65.6 Å². The summed E-state index contributed by atoms with van der Waals surface area (Å²) in [6, 6.07) is 19.7. The second-order valence-corrected chi connectivity index (χ2v) is 10.9. The molecule has 0 bridgehead atoms. The molecule has 1 spiro atoms. The zero-order valence-electron chi connectivity index (χ0n) is 22.0.